The second-order valence-corrected chi connectivity index (χ2v) is 3.87. The third-order valence-corrected chi connectivity index (χ3v) is 2.71. The van der Waals surface area contributed by atoms with E-state index in [9.17, 15) is 4.79 Å². The highest BCUT2D eigenvalue weighted by Gasteiger charge is 2.24. The van der Waals surface area contributed by atoms with E-state index in [-0.39, 0.29) is 12.4 Å². The summed E-state index contributed by atoms with van der Waals surface area (Å²) in [7, 11) is 0. The summed E-state index contributed by atoms with van der Waals surface area (Å²) < 4.78 is 7.02. The Hall–Kier alpha value is -1.91. The highest BCUT2D eigenvalue weighted by molar-refractivity contribution is 5.85. The van der Waals surface area contributed by atoms with E-state index >= 15 is 0 Å². The van der Waals surface area contributed by atoms with Gasteiger partial charge in [-0.1, -0.05) is 41.0 Å². The molecule has 110 valence electrons. The van der Waals surface area contributed by atoms with Crippen molar-refractivity contribution in [3.63, 3.8) is 0 Å². The maximum Gasteiger partial charge on any atom is 0.317 e. The highest BCUT2D eigenvalue weighted by atomic mass is 16.5. The molecule has 0 atom stereocenters. The Kier molecular flexibility index (Phi) is 6.15. The Balaban J connectivity index is 0.000000461. The summed E-state index contributed by atoms with van der Waals surface area (Å²) in [4.78, 5) is 15.5. The lowest BCUT2D eigenvalue weighted by atomic mass is 10.2. The zero-order valence-electron chi connectivity index (χ0n) is 12.9. The zero-order valence-corrected chi connectivity index (χ0v) is 12.9. The maximum atomic E-state index is 11.3. The number of hydrogen-bond acceptors (Lipinski definition) is 4. The van der Waals surface area contributed by atoms with E-state index < -0.39 is 0 Å². The molecule has 0 unspecified atom stereocenters. The van der Waals surface area contributed by atoms with E-state index in [4.69, 9.17) is 4.74 Å². The number of esters is 1. The molecule has 0 spiro atoms. The smallest absolute Gasteiger partial charge is 0.317 e. The lowest BCUT2D eigenvalue weighted by Crippen LogP contribution is -2.18. The van der Waals surface area contributed by atoms with Crippen LogP contribution in [0.25, 0.3) is 5.52 Å². The molecule has 0 radical (unpaired) electrons. The lowest BCUT2D eigenvalue weighted by Gasteiger charge is -2.10. The second kappa shape index (κ2) is 7.62. The van der Waals surface area contributed by atoms with E-state index in [1.807, 2.05) is 38.3 Å². The fraction of sp³-hybridized carbons (Fsp3) is 0.533. The predicted molar refractivity (Wildman–Crippen MR) is 79.0 cm³/mol. The van der Waals surface area contributed by atoms with Crippen molar-refractivity contribution in [2.75, 3.05) is 0 Å². The van der Waals surface area contributed by atoms with Gasteiger partial charge < -0.3 is 4.74 Å². The van der Waals surface area contributed by atoms with Crippen molar-refractivity contribution >= 4 is 11.5 Å². The van der Waals surface area contributed by atoms with Crippen molar-refractivity contribution < 1.29 is 9.53 Å². The molecule has 5 nitrogen and oxygen atoms in total. The van der Waals surface area contributed by atoms with Crippen LogP contribution in [-0.2, 0) is 17.6 Å². The maximum absolute atomic E-state index is 11.3. The molecule has 0 bridgehead atoms. The van der Waals surface area contributed by atoms with Crippen LogP contribution in [0.5, 0.6) is 5.75 Å². The normalized spacial score (nSPS) is 11.9. The first-order valence-corrected chi connectivity index (χ1v) is 7.34. The number of aryl methyl sites for hydroxylation is 1. The quantitative estimate of drug-likeness (QED) is 0.791. The van der Waals surface area contributed by atoms with Crippen molar-refractivity contribution in [2.24, 2.45) is 0 Å². The van der Waals surface area contributed by atoms with Gasteiger partial charge in [0.15, 0.2) is 5.75 Å². The molecule has 1 aliphatic rings. The van der Waals surface area contributed by atoms with Crippen LogP contribution in [-0.4, -0.2) is 20.6 Å². The van der Waals surface area contributed by atoms with Gasteiger partial charge in [0.05, 0.1) is 12.1 Å². The van der Waals surface area contributed by atoms with Crippen LogP contribution in [0.15, 0.2) is 12.4 Å². The minimum atomic E-state index is -0.248. The summed E-state index contributed by atoms with van der Waals surface area (Å²) in [5, 5.41) is 4.20. The fourth-order valence-electron chi connectivity index (χ4n) is 2.07. The summed E-state index contributed by atoms with van der Waals surface area (Å²) in [6.45, 7) is 10.1. The van der Waals surface area contributed by atoms with E-state index in [0.717, 1.165) is 29.7 Å². The zero-order chi connectivity index (χ0) is 15.1. The molecular formula is C15H23N3O2. The van der Waals surface area contributed by atoms with Crippen LogP contribution in [0, 0.1) is 0 Å². The van der Waals surface area contributed by atoms with Crippen LogP contribution in [0.4, 0.5) is 0 Å². The van der Waals surface area contributed by atoms with Gasteiger partial charge in [0.25, 0.3) is 0 Å². The van der Waals surface area contributed by atoms with Crippen LogP contribution >= 0.6 is 0 Å². The molecule has 2 aromatic heterocycles. The molecule has 0 aliphatic carbocycles. The lowest BCUT2D eigenvalue weighted by molar-refractivity contribution is -0.133. The van der Waals surface area contributed by atoms with Gasteiger partial charge in [-0.2, -0.15) is 5.10 Å². The molecule has 0 N–H and O–H groups in total. The molecule has 0 aromatic carbocycles. The van der Waals surface area contributed by atoms with Crippen LogP contribution in [0.2, 0.25) is 0 Å². The van der Waals surface area contributed by atoms with Crippen LogP contribution in [0.1, 0.15) is 52.4 Å². The number of aromatic nitrogens is 3. The molecule has 5 heteroatoms. The minimum Gasteiger partial charge on any atom is -0.424 e. The van der Waals surface area contributed by atoms with Crippen molar-refractivity contribution in [3.05, 3.63) is 23.8 Å². The summed E-state index contributed by atoms with van der Waals surface area (Å²) in [5.74, 6) is 0.344. The third kappa shape index (κ3) is 2.98. The Labute approximate surface area is 120 Å². The van der Waals surface area contributed by atoms with Gasteiger partial charge in [0.1, 0.15) is 11.8 Å². The first-order chi connectivity index (χ1) is 9.79. The molecule has 0 amide bonds. The SMILES string of the molecule is CC.CC.CCCc1cc2c3c(ncnn13)CC(=O)O2. The van der Waals surface area contributed by atoms with Crippen LogP contribution in [0.3, 0.4) is 0 Å². The summed E-state index contributed by atoms with van der Waals surface area (Å²) in [5.41, 5.74) is 2.65. The highest BCUT2D eigenvalue weighted by Crippen LogP contribution is 2.30. The third-order valence-electron chi connectivity index (χ3n) is 2.71. The summed E-state index contributed by atoms with van der Waals surface area (Å²) in [6.07, 6.45) is 3.66. The first kappa shape index (κ1) is 16.1. The van der Waals surface area contributed by atoms with Gasteiger partial charge in [-0.3, -0.25) is 4.79 Å². The molecule has 3 heterocycles. The number of rotatable bonds is 2. The standard InChI is InChI=1S/C11H11N3O2.2C2H6/c1-2-3-7-4-9-11-8(5-10(15)16-9)12-6-13-14(7)11;2*1-2/h4,6H,2-3,5H2,1H3;2*1-2H3. The van der Waals surface area contributed by atoms with Gasteiger partial charge in [-0.15, -0.1) is 0 Å². The van der Waals surface area contributed by atoms with Gasteiger partial charge in [0.2, 0.25) is 0 Å². The number of carbonyl (C=O) groups excluding carboxylic acids is 1. The van der Waals surface area contributed by atoms with Gasteiger partial charge in [0, 0.05) is 11.8 Å². The van der Waals surface area contributed by atoms with Crippen molar-refractivity contribution in [1.82, 2.24) is 14.6 Å². The Morgan fingerprint density at radius 2 is 2.00 bits per heavy atom. The van der Waals surface area contributed by atoms with Crippen molar-refractivity contribution in [3.8, 4) is 5.75 Å². The minimum absolute atomic E-state index is 0.231. The largest absolute Gasteiger partial charge is 0.424 e. The monoisotopic (exact) mass is 277 g/mol. The van der Waals surface area contributed by atoms with Gasteiger partial charge in [-0.05, 0) is 6.42 Å². The number of ether oxygens (including phenoxy) is 1. The Morgan fingerprint density at radius 1 is 1.30 bits per heavy atom. The molecule has 0 fully saturated rings. The molecule has 1 aliphatic heterocycles. The second-order valence-electron chi connectivity index (χ2n) is 3.87. The molecule has 3 rings (SSSR count). The summed E-state index contributed by atoms with van der Waals surface area (Å²) >= 11 is 0. The number of carbonyl (C=O) groups is 1. The topological polar surface area (TPSA) is 56.5 Å². The van der Waals surface area contributed by atoms with Crippen LogP contribution < -0.4 is 4.74 Å². The predicted octanol–water partition coefficient (Wildman–Crippen LogP) is 3.20. The first-order valence-electron chi connectivity index (χ1n) is 7.34. The van der Waals surface area contributed by atoms with Gasteiger partial charge >= 0.3 is 5.97 Å². The van der Waals surface area contributed by atoms with E-state index in [0.29, 0.717) is 5.75 Å². The molecular weight excluding hydrogens is 254 g/mol. The van der Waals surface area contributed by atoms with E-state index in [1.54, 1.807) is 0 Å². The van der Waals surface area contributed by atoms with E-state index in [1.165, 1.54) is 6.33 Å². The molecule has 0 saturated carbocycles. The Morgan fingerprint density at radius 3 is 2.65 bits per heavy atom. The molecule has 0 saturated heterocycles. The van der Waals surface area contributed by atoms with Crippen molar-refractivity contribution in [2.45, 2.75) is 53.9 Å². The summed E-state index contributed by atoms with van der Waals surface area (Å²) in [6, 6.07) is 1.88. The molecule has 20 heavy (non-hydrogen) atoms. The van der Waals surface area contributed by atoms with Gasteiger partial charge in [-0.25, -0.2) is 9.50 Å². The number of nitrogens with zero attached hydrogens (tertiary/aromatic N) is 3. The fourth-order valence-corrected chi connectivity index (χ4v) is 2.07. The van der Waals surface area contributed by atoms with Crippen molar-refractivity contribution in [1.29, 1.82) is 0 Å². The Bertz CT molecular complexity index is 576. The molecule has 2 aromatic rings. The van der Waals surface area contributed by atoms with E-state index in [2.05, 4.69) is 17.0 Å². The number of hydrogen-bond donors (Lipinski definition) is 0. The average molecular weight is 277 g/mol. The average Bonchev–Trinajstić information content (AvgIpc) is 2.83.